The molecule has 1 saturated heterocycles. The maximum Gasteiger partial charge on any atom is 0.326 e. The van der Waals surface area contributed by atoms with Crippen molar-refractivity contribution < 1.29 is 14.3 Å². The molecule has 0 amide bonds. The van der Waals surface area contributed by atoms with E-state index in [0.29, 0.717) is 12.7 Å². The number of carbonyl (C=O) groups is 1. The molecule has 1 fully saturated rings. The van der Waals surface area contributed by atoms with Gasteiger partial charge >= 0.3 is 5.97 Å². The summed E-state index contributed by atoms with van der Waals surface area (Å²) in [4.78, 5) is 14.5. The van der Waals surface area contributed by atoms with Gasteiger partial charge in [0.2, 0.25) is 0 Å². The van der Waals surface area contributed by atoms with Crippen LogP contribution in [-0.4, -0.2) is 62.4 Å². The number of hydrogen-bond acceptors (Lipinski definition) is 5. The van der Waals surface area contributed by atoms with Gasteiger partial charge in [-0.3, -0.25) is 4.79 Å². The first-order valence-electron chi connectivity index (χ1n) is 7.73. The Morgan fingerprint density at radius 3 is 2.80 bits per heavy atom. The second-order valence-corrected chi connectivity index (χ2v) is 5.63. The Kier molecular flexibility index (Phi) is 7.48. The maximum absolute atomic E-state index is 12.1. The van der Waals surface area contributed by atoms with Crippen LogP contribution in [0.25, 0.3) is 0 Å². The topological polar surface area (TPSA) is 50.8 Å². The van der Waals surface area contributed by atoms with Crippen LogP contribution < -0.4 is 5.32 Å². The Bertz CT molecular complexity index is 299. The molecule has 0 radical (unpaired) electrons. The number of ether oxygens (including phenoxy) is 2. The molecule has 2 atom stereocenters. The maximum atomic E-state index is 12.1. The van der Waals surface area contributed by atoms with Crippen LogP contribution >= 0.6 is 0 Å². The minimum Gasteiger partial charge on any atom is -0.465 e. The molecule has 5 heteroatoms. The summed E-state index contributed by atoms with van der Waals surface area (Å²) in [6.07, 6.45) is 3.39. The minimum absolute atomic E-state index is 0.151. The highest BCUT2D eigenvalue weighted by molar-refractivity contribution is 5.80. The molecule has 1 aliphatic rings. The lowest BCUT2D eigenvalue weighted by atomic mass is 9.96. The van der Waals surface area contributed by atoms with Crippen molar-refractivity contribution in [3.8, 4) is 0 Å². The normalized spacial score (nSPS) is 23.3. The third-order valence-corrected chi connectivity index (χ3v) is 4.02. The van der Waals surface area contributed by atoms with E-state index in [9.17, 15) is 4.79 Å². The molecule has 118 valence electrons. The van der Waals surface area contributed by atoms with Crippen molar-refractivity contribution in [1.82, 2.24) is 10.2 Å². The van der Waals surface area contributed by atoms with Crippen molar-refractivity contribution in [2.75, 3.05) is 39.9 Å². The van der Waals surface area contributed by atoms with E-state index in [1.165, 1.54) is 0 Å². The summed E-state index contributed by atoms with van der Waals surface area (Å²) in [5.41, 5.74) is -0.592. The van der Waals surface area contributed by atoms with E-state index in [-0.39, 0.29) is 5.97 Å². The van der Waals surface area contributed by atoms with Crippen LogP contribution in [0.15, 0.2) is 0 Å². The van der Waals surface area contributed by atoms with Crippen molar-refractivity contribution in [3.05, 3.63) is 0 Å². The molecule has 0 aromatic carbocycles. The second kappa shape index (κ2) is 8.60. The Morgan fingerprint density at radius 1 is 1.45 bits per heavy atom. The van der Waals surface area contributed by atoms with E-state index in [1.54, 1.807) is 7.11 Å². The summed E-state index contributed by atoms with van der Waals surface area (Å²) in [6.45, 7) is 9.92. The third-order valence-electron chi connectivity index (χ3n) is 4.02. The SMILES string of the molecule is CCNC(C)(CCN1CCCC(OC)C1)C(=O)OCC. The average Bonchev–Trinajstić information content (AvgIpc) is 2.46. The summed E-state index contributed by atoms with van der Waals surface area (Å²) in [6, 6.07) is 0. The summed E-state index contributed by atoms with van der Waals surface area (Å²) >= 11 is 0. The lowest BCUT2D eigenvalue weighted by Gasteiger charge is -2.35. The largest absolute Gasteiger partial charge is 0.465 e. The van der Waals surface area contributed by atoms with E-state index in [0.717, 1.165) is 45.4 Å². The highest BCUT2D eigenvalue weighted by atomic mass is 16.5. The van der Waals surface area contributed by atoms with Crippen LogP contribution in [0.4, 0.5) is 0 Å². The highest BCUT2D eigenvalue weighted by Gasteiger charge is 2.34. The van der Waals surface area contributed by atoms with Gasteiger partial charge in [-0.05, 0) is 46.2 Å². The van der Waals surface area contributed by atoms with E-state index < -0.39 is 5.54 Å². The van der Waals surface area contributed by atoms with Crippen LogP contribution in [0.1, 0.15) is 40.0 Å². The number of esters is 1. The lowest BCUT2D eigenvalue weighted by Crippen LogP contribution is -2.53. The van der Waals surface area contributed by atoms with Crippen molar-refractivity contribution in [2.45, 2.75) is 51.7 Å². The zero-order valence-corrected chi connectivity index (χ0v) is 13.4. The molecule has 1 rings (SSSR count). The number of methoxy groups -OCH3 is 1. The van der Waals surface area contributed by atoms with Crippen molar-refractivity contribution in [3.63, 3.8) is 0 Å². The second-order valence-electron chi connectivity index (χ2n) is 5.63. The lowest BCUT2D eigenvalue weighted by molar-refractivity contribution is -0.151. The third kappa shape index (κ3) is 5.04. The van der Waals surface area contributed by atoms with E-state index in [2.05, 4.69) is 10.2 Å². The predicted molar refractivity (Wildman–Crippen MR) is 79.8 cm³/mol. The summed E-state index contributed by atoms with van der Waals surface area (Å²) in [5.74, 6) is -0.151. The summed E-state index contributed by atoms with van der Waals surface area (Å²) in [7, 11) is 1.77. The predicted octanol–water partition coefficient (Wildman–Crippen LogP) is 1.42. The van der Waals surface area contributed by atoms with Crippen molar-refractivity contribution in [1.29, 1.82) is 0 Å². The number of likely N-dealkylation sites (tertiary alicyclic amines) is 1. The zero-order valence-electron chi connectivity index (χ0n) is 13.4. The first-order valence-corrected chi connectivity index (χ1v) is 7.73. The number of likely N-dealkylation sites (N-methyl/N-ethyl adjacent to an activating group) is 1. The van der Waals surface area contributed by atoms with Gasteiger partial charge in [-0.1, -0.05) is 6.92 Å². The quantitative estimate of drug-likeness (QED) is 0.684. The summed E-state index contributed by atoms with van der Waals surface area (Å²) < 4.78 is 10.6. The van der Waals surface area contributed by atoms with Gasteiger partial charge in [-0.15, -0.1) is 0 Å². The molecule has 0 spiro atoms. The fourth-order valence-electron chi connectivity index (χ4n) is 2.73. The Balaban J connectivity index is 2.51. The molecule has 0 aromatic heterocycles. The Morgan fingerprint density at radius 2 is 2.20 bits per heavy atom. The molecular formula is C15H30N2O3. The molecular weight excluding hydrogens is 256 g/mol. The Hall–Kier alpha value is -0.650. The molecule has 1 aliphatic heterocycles. The van der Waals surface area contributed by atoms with Crippen molar-refractivity contribution >= 4 is 5.97 Å². The Labute approximate surface area is 123 Å². The monoisotopic (exact) mass is 286 g/mol. The number of hydrogen-bond donors (Lipinski definition) is 1. The first kappa shape index (κ1) is 17.4. The molecule has 1 N–H and O–H groups in total. The minimum atomic E-state index is -0.592. The van der Waals surface area contributed by atoms with Crippen molar-refractivity contribution in [2.24, 2.45) is 0 Å². The number of carbonyl (C=O) groups excluding carboxylic acids is 1. The highest BCUT2D eigenvalue weighted by Crippen LogP contribution is 2.17. The fourth-order valence-corrected chi connectivity index (χ4v) is 2.73. The van der Waals surface area contributed by atoms with E-state index in [1.807, 2.05) is 20.8 Å². The summed E-state index contributed by atoms with van der Waals surface area (Å²) in [5, 5.41) is 3.28. The molecule has 5 nitrogen and oxygen atoms in total. The molecule has 0 aromatic rings. The van der Waals surface area contributed by atoms with Crippen LogP contribution in [0.5, 0.6) is 0 Å². The van der Waals surface area contributed by atoms with E-state index in [4.69, 9.17) is 9.47 Å². The standard InChI is InChI=1S/C15H30N2O3/c1-5-16-15(3,14(18)20-6-2)9-11-17-10-7-8-13(12-17)19-4/h13,16H,5-12H2,1-4H3. The molecule has 20 heavy (non-hydrogen) atoms. The van der Waals surface area contributed by atoms with Crippen LogP contribution in [-0.2, 0) is 14.3 Å². The number of nitrogens with one attached hydrogen (secondary N) is 1. The number of rotatable bonds is 8. The van der Waals surface area contributed by atoms with Gasteiger partial charge in [0.15, 0.2) is 0 Å². The molecule has 1 heterocycles. The van der Waals surface area contributed by atoms with Gasteiger partial charge in [0.05, 0.1) is 12.7 Å². The van der Waals surface area contributed by atoms with E-state index >= 15 is 0 Å². The molecule has 0 aliphatic carbocycles. The molecule has 0 bridgehead atoms. The smallest absolute Gasteiger partial charge is 0.326 e. The van der Waals surface area contributed by atoms with Gasteiger partial charge in [0.25, 0.3) is 0 Å². The first-order chi connectivity index (χ1) is 9.55. The molecule has 2 unspecified atom stereocenters. The van der Waals surface area contributed by atoms with Gasteiger partial charge in [0.1, 0.15) is 5.54 Å². The molecule has 0 saturated carbocycles. The van der Waals surface area contributed by atoms with Gasteiger partial charge in [-0.2, -0.15) is 0 Å². The zero-order chi connectivity index (χ0) is 15.0. The van der Waals surface area contributed by atoms with Gasteiger partial charge < -0.3 is 19.7 Å². The number of piperidine rings is 1. The van der Waals surface area contributed by atoms with Gasteiger partial charge in [-0.25, -0.2) is 0 Å². The average molecular weight is 286 g/mol. The fraction of sp³-hybridized carbons (Fsp3) is 0.933. The van der Waals surface area contributed by atoms with Crippen LogP contribution in [0.2, 0.25) is 0 Å². The van der Waals surface area contributed by atoms with Crippen LogP contribution in [0, 0.1) is 0 Å². The number of nitrogens with zero attached hydrogens (tertiary/aromatic N) is 1. The van der Waals surface area contributed by atoms with Crippen LogP contribution in [0.3, 0.4) is 0 Å². The van der Waals surface area contributed by atoms with Gasteiger partial charge in [0, 0.05) is 20.2 Å².